The van der Waals surface area contributed by atoms with Crippen molar-refractivity contribution in [3.8, 4) is 34.3 Å². The van der Waals surface area contributed by atoms with E-state index < -0.39 is 6.67 Å². The summed E-state index contributed by atoms with van der Waals surface area (Å²) in [5, 5.41) is 11.9. The predicted octanol–water partition coefficient (Wildman–Crippen LogP) is 4.77. The van der Waals surface area contributed by atoms with Crippen molar-refractivity contribution in [1.82, 2.24) is 25.5 Å². The van der Waals surface area contributed by atoms with Gasteiger partial charge in [-0.3, -0.25) is 0 Å². The summed E-state index contributed by atoms with van der Waals surface area (Å²) < 4.78 is 24.0. The first kappa shape index (κ1) is 24.4. The van der Waals surface area contributed by atoms with Gasteiger partial charge < -0.3 is 20.2 Å². The van der Waals surface area contributed by atoms with E-state index in [4.69, 9.17) is 14.9 Å². The van der Waals surface area contributed by atoms with Gasteiger partial charge in [0.15, 0.2) is 11.5 Å². The van der Waals surface area contributed by atoms with Gasteiger partial charge in [0, 0.05) is 40.5 Å². The highest BCUT2D eigenvalue weighted by Gasteiger charge is 2.18. The van der Waals surface area contributed by atoms with Crippen LogP contribution in [0.25, 0.3) is 34.3 Å². The first-order chi connectivity index (χ1) is 17.6. The van der Waals surface area contributed by atoms with E-state index in [0.717, 1.165) is 36.3 Å². The van der Waals surface area contributed by atoms with Gasteiger partial charge in [-0.2, -0.15) is 0 Å². The topological polar surface area (TPSA) is 112 Å². The maximum Gasteiger partial charge on any atom is 0.270 e. The summed E-state index contributed by atoms with van der Waals surface area (Å²) in [4.78, 5) is 10.2. The summed E-state index contributed by atoms with van der Waals surface area (Å²) in [6, 6.07) is 15.7. The summed E-state index contributed by atoms with van der Waals surface area (Å²) in [6.07, 6.45) is 2.71. The summed E-state index contributed by atoms with van der Waals surface area (Å²) >= 11 is 1.83. The lowest BCUT2D eigenvalue weighted by molar-refractivity contribution is 0.199. The van der Waals surface area contributed by atoms with E-state index in [2.05, 4.69) is 37.6 Å². The van der Waals surface area contributed by atoms with E-state index in [1.165, 1.54) is 4.90 Å². The fraction of sp³-hybridized carbons (Fsp3) is 0.308. The molecule has 3 heterocycles. The van der Waals surface area contributed by atoms with Gasteiger partial charge in [-0.1, -0.05) is 24.3 Å². The van der Waals surface area contributed by atoms with E-state index in [9.17, 15) is 4.39 Å². The fourth-order valence-electron chi connectivity index (χ4n) is 3.74. The number of aromatic nitrogens is 4. The first-order valence-corrected chi connectivity index (χ1v) is 12.7. The third kappa shape index (κ3) is 5.72. The van der Waals surface area contributed by atoms with Crippen molar-refractivity contribution in [2.75, 3.05) is 25.6 Å². The standard InChI is InChI=1S/C26H27FN6O2S/c1-16(12-27)29-13-17-2-4-19(5-3-17)25-32-33-26(35-25)23-24(28)30-14-22(31-23)18-6-8-20(9-7-18)36-21-10-11-34-15-21/h2-9,14,16,21,29H,10-13,15H2,1H3,(H2,28,30). The number of hydrogen-bond donors (Lipinski definition) is 2. The zero-order valence-electron chi connectivity index (χ0n) is 19.9. The number of thioether (sulfide) groups is 1. The summed E-state index contributed by atoms with van der Waals surface area (Å²) in [6.45, 7) is 3.61. The Bertz CT molecular complexity index is 1290. The van der Waals surface area contributed by atoms with Crippen LogP contribution in [0.15, 0.2) is 64.0 Å². The molecule has 10 heteroatoms. The monoisotopic (exact) mass is 506 g/mol. The molecule has 2 unspecified atom stereocenters. The molecule has 36 heavy (non-hydrogen) atoms. The molecule has 0 amide bonds. The molecule has 1 fully saturated rings. The molecule has 0 bridgehead atoms. The number of nitrogens with two attached hydrogens (primary N) is 1. The molecule has 2 aromatic heterocycles. The highest BCUT2D eigenvalue weighted by molar-refractivity contribution is 8.00. The summed E-state index contributed by atoms with van der Waals surface area (Å²) in [7, 11) is 0. The molecular formula is C26H27FN6O2S. The summed E-state index contributed by atoms with van der Waals surface area (Å²) in [5.41, 5.74) is 9.82. The van der Waals surface area contributed by atoms with Gasteiger partial charge in [0.2, 0.25) is 5.89 Å². The number of alkyl halides is 1. The average molecular weight is 507 g/mol. The molecule has 2 aromatic carbocycles. The molecular weight excluding hydrogens is 479 g/mol. The Morgan fingerprint density at radius 3 is 2.56 bits per heavy atom. The van der Waals surface area contributed by atoms with Crippen molar-refractivity contribution < 1.29 is 13.5 Å². The number of nitrogens with zero attached hydrogens (tertiary/aromatic N) is 4. The predicted molar refractivity (Wildman–Crippen MR) is 138 cm³/mol. The molecule has 0 radical (unpaired) electrons. The molecule has 3 N–H and O–H groups in total. The van der Waals surface area contributed by atoms with Gasteiger partial charge in [0.25, 0.3) is 5.89 Å². The van der Waals surface area contributed by atoms with Crippen molar-refractivity contribution in [3.05, 3.63) is 60.3 Å². The van der Waals surface area contributed by atoms with Crippen LogP contribution in [-0.4, -0.2) is 51.3 Å². The highest BCUT2D eigenvalue weighted by atomic mass is 32.2. The van der Waals surface area contributed by atoms with Crippen molar-refractivity contribution in [2.24, 2.45) is 0 Å². The first-order valence-electron chi connectivity index (χ1n) is 11.8. The van der Waals surface area contributed by atoms with E-state index in [1.807, 2.05) is 48.2 Å². The second-order valence-electron chi connectivity index (χ2n) is 8.66. The lowest BCUT2D eigenvalue weighted by atomic mass is 10.1. The van der Waals surface area contributed by atoms with Crippen molar-refractivity contribution >= 4 is 17.6 Å². The number of benzene rings is 2. The van der Waals surface area contributed by atoms with Crippen LogP contribution in [0.3, 0.4) is 0 Å². The second kappa shape index (κ2) is 11.2. The zero-order chi connectivity index (χ0) is 24.9. The minimum atomic E-state index is -0.406. The number of halogens is 1. The van der Waals surface area contributed by atoms with Gasteiger partial charge in [-0.25, -0.2) is 14.4 Å². The van der Waals surface area contributed by atoms with Gasteiger partial charge in [0.1, 0.15) is 6.67 Å². The van der Waals surface area contributed by atoms with Crippen LogP contribution in [0, 0.1) is 0 Å². The Morgan fingerprint density at radius 1 is 1.08 bits per heavy atom. The Labute approximate surface area is 212 Å². The maximum absolute atomic E-state index is 12.6. The van der Waals surface area contributed by atoms with Crippen LogP contribution >= 0.6 is 11.8 Å². The largest absolute Gasteiger partial charge is 0.414 e. The Kier molecular flexibility index (Phi) is 7.55. The average Bonchev–Trinajstić information content (AvgIpc) is 3.61. The molecule has 0 spiro atoms. The Balaban J connectivity index is 1.31. The zero-order valence-corrected chi connectivity index (χ0v) is 20.7. The molecule has 8 nitrogen and oxygen atoms in total. The normalized spacial score (nSPS) is 16.3. The fourth-order valence-corrected chi connectivity index (χ4v) is 4.80. The van der Waals surface area contributed by atoms with Crippen molar-refractivity contribution in [3.63, 3.8) is 0 Å². The quantitative estimate of drug-likeness (QED) is 0.331. The molecule has 0 saturated carbocycles. The minimum Gasteiger partial charge on any atom is -0.414 e. The molecule has 4 aromatic rings. The van der Waals surface area contributed by atoms with Gasteiger partial charge in [0.05, 0.1) is 18.5 Å². The number of rotatable bonds is 9. The van der Waals surface area contributed by atoms with Crippen LogP contribution in [-0.2, 0) is 11.3 Å². The maximum atomic E-state index is 12.6. The minimum absolute atomic E-state index is 0.186. The third-order valence-corrected chi connectivity index (χ3v) is 7.11. The second-order valence-corrected chi connectivity index (χ2v) is 10.0. The Morgan fingerprint density at radius 2 is 1.83 bits per heavy atom. The van der Waals surface area contributed by atoms with Crippen LogP contribution in [0.4, 0.5) is 10.2 Å². The number of ether oxygens (including phenoxy) is 1. The SMILES string of the molecule is CC(CF)NCc1ccc(-c2nnc(-c3nc(-c4ccc(SC5CCOC5)cc4)cnc3N)o2)cc1. The molecule has 1 aliphatic heterocycles. The third-order valence-electron chi connectivity index (χ3n) is 5.86. The van der Waals surface area contributed by atoms with Gasteiger partial charge in [-0.15, -0.1) is 22.0 Å². The van der Waals surface area contributed by atoms with E-state index in [0.29, 0.717) is 29.1 Å². The molecule has 1 saturated heterocycles. The molecule has 1 aliphatic rings. The van der Waals surface area contributed by atoms with E-state index >= 15 is 0 Å². The van der Waals surface area contributed by atoms with Crippen LogP contribution in [0.2, 0.25) is 0 Å². The highest BCUT2D eigenvalue weighted by Crippen LogP contribution is 2.31. The number of nitrogen functional groups attached to an aromatic ring is 1. The Hall–Kier alpha value is -3.34. The molecule has 186 valence electrons. The smallest absolute Gasteiger partial charge is 0.270 e. The number of anilines is 1. The lowest BCUT2D eigenvalue weighted by Crippen LogP contribution is -2.27. The molecule has 2 atom stereocenters. The van der Waals surface area contributed by atoms with E-state index in [1.54, 1.807) is 13.1 Å². The summed E-state index contributed by atoms with van der Waals surface area (Å²) in [5.74, 6) is 0.768. The van der Waals surface area contributed by atoms with Crippen molar-refractivity contribution in [2.45, 2.75) is 36.1 Å². The van der Waals surface area contributed by atoms with Gasteiger partial charge in [-0.05, 0) is 43.2 Å². The lowest BCUT2D eigenvalue weighted by Gasteiger charge is -2.09. The molecule has 0 aliphatic carbocycles. The van der Waals surface area contributed by atoms with Crippen LogP contribution in [0.1, 0.15) is 18.9 Å². The van der Waals surface area contributed by atoms with Gasteiger partial charge >= 0.3 is 0 Å². The number of nitrogens with one attached hydrogen (secondary N) is 1. The molecule has 5 rings (SSSR count). The number of hydrogen-bond acceptors (Lipinski definition) is 9. The van der Waals surface area contributed by atoms with Crippen LogP contribution < -0.4 is 11.1 Å². The van der Waals surface area contributed by atoms with E-state index in [-0.39, 0.29) is 17.8 Å². The van der Waals surface area contributed by atoms with Crippen LogP contribution in [0.5, 0.6) is 0 Å². The van der Waals surface area contributed by atoms with Crippen molar-refractivity contribution in [1.29, 1.82) is 0 Å².